The molecule has 0 unspecified atom stereocenters. The first kappa shape index (κ1) is 22.0. The van der Waals surface area contributed by atoms with Gasteiger partial charge in [0.2, 0.25) is 5.82 Å². The van der Waals surface area contributed by atoms with Gasteiger partial charge in [-0.2, -0.15) is 4.98 Å². The summed E-state index contributed by atoms with van der Waals surface area (Å²) in [5.74, 6) is 3.06. The maximum atomic E-state index is 6.06. The third-order valence-electron chi connectivity index (χ3n) is 5.04. The number of nitrogens with zero attached hydrogens (tertiary/aromatic N) is 3. The molecule has 0 saturated carbocycles. The number of ether oxygens (including phenoxy) is 1. The normalized spacial score (nSPS) is 11.5. The predicted molar refractivity (Wildman–Crippen MR) is 121 cm³/mol. The van der Waals surface area contributed by atoms with E-state index >= 15 is 0 Å². The van der Waals surface area contributed by atoms with Gasteiger partial charge in [0, 0.05) is 11.8 Å². The molecule has 1 aromatic carbocycles. The lowest BCUT2D eigenvalue weighted by atomic mass is 10.0. The fourth-order valence-electron chi connectivity index (χ4n) is 3.49. The molecule has 0 fully saturated rings. The van der Waals surface area contributed by atoms with Crippen LogP contribution in [0.2, 0.25) is 0 Å². The fourth-order valence-corrected chi connectivity index (χ4v) is 3.49. The van der Waals surface area contributed by atoms with Crippen LogP contribution >= 0.6 is 0 Å². The Balaban J connectivity index is 1.89. The lowest BCUT2D eigenvalue weighted by Crippen LogP contribution is -2.07. The Kier molecular flexibility index (Phi) is 6.91. The van der Waals surface area contributed by atoms with Crippen LogP contribution in [-0.4, -0.2) is 21.7 Å². The van der Waals surface area contributed by atoms with Crippen LogP contribution in [0.5, 0.6) is 5.75 Å². The third-order valence-corrected chi connectivity index (χ3v) is 5.04. The molecule has 0 spiro atoms. The number of aromatic nitrogens is 3. The van der Waals surface area contributed by atoms with Crippen LogP contribution in [0.3, 0.4) is 0 Å². The standard InChI is InChI=1S/C25H33N3O2/c1-8-19-12-20(10-18(7)23(19)29-14-16(4)5)24-27-25(30-28-24)22-11-17(6)21(13-26-22)9-15(2)3/h10-13,15-16H,8-9,14H2,1-7H3. The van der Waals surface area contributed by atoms with E-state index in [0.29, 0.717) is 35.9 Å². The molecule has 0 amide bonds. The number of pyridine rings is 1. The first-order valence-corrected chi connectivity index (χ1v) is 10.8. The average Bonchev–Trinajstić information content (AvgIpc) is 3.17. The van der Waals surface area contributed by atoms with Crippen molar-refractivity contribution in [1.82, 2.24) is 15.1 Å². The molecule has 0 atom stereocenters. The number of hydrogen-bond acceptors (Lipinski definition) is 5. The summed E-state index contributed by atoms with van der Waals surface area (Å²) in [4.78, 5) is 9.18. The summed E-state index contributed by atoms with van der Waals surface area (Å²) in [6, 6.07) is 6.19. The van der Waals surface area contributed by atoms with Crippen LogP contribution in [0.1, 0.15) is 56.9 Å². The molecule has 0 aliphatic carbocycles. The molecule has 0 aliphatic rings. The summed E-state index contributed by atoms with van der Waals surface area (Å²) < 4.78 is 11.6. The molecular weight excluding hydrogens is 374 g/mol. The van der Waals surface area contributed by atoms with Gasteiger partial charge in [0.05, 0.1) is 6.61 Å². The van der Waals surface area contributed by atoms with Crippen molar-refractivity contribution in [2.45, 2.75) is 61.3 Å². The van der Waals surface area contributed by atoms with Gasteiger partial charge in [-0.1, -0.05) is 39.8 Å². The van der Waals surface area contributed by atoms with Crippen molar-refractivity contribution in [3.05, 3.63) is 46.6 Å². The molecule has 3 rings (SSSR count). The molecule has 3 aromatic rings. The highest BCUT2D eigenvalue weighted by atomic mass is 16.5. The van der Waals surface area contributed by atoms with E-state index in [-0.39, 0.29) is 0 Å². The van der Waals surface area contributed by atoms with Gasteiger partial charge in [0.25, 0.3) is 5.89 Å². The molecule has 0 aliphatic heterocycles. The van der Waals surface area contributed by atoms with Gasteiger partial charge in [-0.25, -0.2) is 0 Å². The zero-order valence-corrected chi connectivity index (χ0v) is 19.2. The summed E-state index contributed by atoms with van der Waals surface area (Å²) >= 11 is 0. The molecule has 5 nitrogen and oxygen atoms in total. The second-order valence-electron chi connectivity index (χ2n) is 8.86. The number of benzene rings is 1. The summed E-state index contributed by atoms with van der Waals surface area (Å²) in [6.45, 7) is 15.7. The topological polar surface area (TPSA) is 61.0 Å². The summed E-state index contributed by atoms with van der Waals surface area (Å²) in [6.07, 6.45) is 3.82. The average molecular weight is 408 g/mol. The van der Waals surface area contributed by atoms with Gasteiger partial charge in [-0.15, -0.1) is 0 Å². The first-order valence-electron chi connectivity index (χ1n) is 10.8. The van der Waals surface area contributed by atoms with Gasteiger partial charge in [-0.05, 0) is 79.0 Å². The molecule has 30 heavy (non-hydrogen) atoms. The largest absolute Gasteiger partial charge is 0.493 e. The minimum Gasteiger partial charge on any atom is -0.493 e. The van der Waals surface area contributed by atoms with Gasteiger partial charge in [0.1, 0.15) is 11.4 Å². The molecule has 0 radical (unpaired) electrons. The van der Waals surface area contributed by atoms with E-state index in [9.17, 15) is 0 Å². The quantitative estimate of drug-likeness (QED) is 0.444. The van der Waals surface area contributed by atoms with Crippen LogP contribution < -0.4 is 4.74 Å². The second kappa shape index (κ2) is 9.41. The van der Waals surface area contributed by atoms with E-state index in [0.717, 1.165) is 35.3 Å². The van der Waals surface area contributed by atoms with Crippen LogP contribution in [0.15, 0.2) is 28.9 Å². The molecule has 0 bridgehead atoms. The van der Waals surface area contributed by atoms with E-state index in [1.54, 1.807) is 0 Å². The number of aryl methyl sites for hydroxylation is 3. The van der Waals surface area contributed by atoms with E-state index in [1.165, 1.54) is 11.1 Å². The second-order valence-corrected chi connectivity index (χ2v) is 8.86. The van der Waals surface area contributed by atoms with Gasteiger partial charge >= 0.3 is 0 Å². The fraction of sp³-hybridized carbons (Fsp3) is 0.480. The Morgan fingerprint density at radius 3 is 2.37 bits per heavy atom. The maximum Gasteiger partial charge on any atom is 0.276 e. The van der Waals surface area contributed by atoms with Crippen molar-refractivity contribution in [2.24, 2.45) is 11.8 Å². The highest BCUT2D eigenvalue weighted by molar-refractivity contribution is 5.63. The highest BCUT2D eigenvalue weighted by Crippen LogP contribution is 2.31. The van der Waals surface area contributed by atoms with Gasteiger partial charge < -0.3 is 9.26 Å². The number of hydrogen-bond donors (Lipinski definition) is 0. The zero-order valence-electron chi connectivity index (χ0n) is 19.2. The minimum absolute atomic E-state index is 0.444. The maximum absolute atomic E-state index is 6.06. The van der Waals surface area contributed by atoms with E-state index in [1.807, 2.05) is 12.3 Å². The van der Waals surface area contributed by atoms with Crippen molar-refractivity contribution in [3.63, 3.8) is 0 Å². The van der Waals surface area contributed by atoms with Crippen LogP contribution in [0, 0.1) is 25.7 Å². The monoisotopic (exact) mass is 407 g/mol. The molecule has 160 valence electrons. The summed E-state index contributed by atoms with van der Waals surface area (Å²) in [5.41, 5.74) is 6.35. The number of rotatable bonds is 8. The lowest BCUT2D eigenvalue weighted by molar-refractivity contribution is 0.267. The SMILES string of the molecule is CCc1cc(-c2noc(-c3cc(C)c(CC(C)C)cn3)n2)cc(C)c1OCC(C)C. The lowest BCUT2D eigenvalue weighted by Gasteiger charge is -2.16. The molecule has 5 heteroatoms. The third kappa shape index (κ3) is 5.07. The molecule has 0 N–H and O–H groups in total. The van der Waals surface area contributed by atoms with Crippen LogP contribution in [0.25, 0.3) is 23.0 Å². The van der Waals surface area contributed by atoms with Gasteiger partial charge in [0.15, 0.2) is 0 Å². The summed E-state index contributed by atoms with van der Waals surface area (Å²) in [5, 5.41) is 4.22. The van der Waals surface area contributed by atoms with E-state index in [4.69, 9.17) is 9.26 Å². The molecule has 2 heterocycles. The van der Waals surface area contributed by atoms with Crippen LogP contribution in [0.4, 0.5) is 0 Å². The van der Waals surface area contributed by atoms with E-state index < -0.39 is 0 Å². The predicted octanol–water partition coefficient (Wildman–Crippen LogP) is 6.21. The minimum atomic E-state index is 0.444. The Morgan fingerprint density at radius 1 is 0.967 bits per heavy atom. The van der Waals surface area contributed by atoms with Crippen molar-refractivity contribution >= 4 is 0 Å². The Labute approximate surface area is 179 Å². The van der Waals surface area contributed by atoms with Crippen molar-refractivity contribution in [2.75, 3.05) is 6.61 Å². The van der Waals surface area contributed by atoms with E-state index in [2.05, 4.69) is 75.7 Å². The van der Waals surface area contributed by atoms with Crippen molar-refractivity contribution < 1.29 is 9.26 Å². The first-order chi connectivity index (χ1) is 14.3. The van der Waals surface area contributed by atoms with Crippen LogP contribution in [-0.2, 0) is 12.8 Å². The molecule has 0 saturated heterocycles. The van der Waals surface area contributed by atoms with Crippen molar-refractivity contribution in [3.8, 4) is 28.7 Å². The molecule has 2 aromatic heterocycles. The smallest absolute Gasteiger partial charge is 0.276 e. The summed E-state index contributed by atoms with van der Waals surface area (Å²) in [7, 11) is 0. The van der Waals surface area contributed by atoms with Crippen molar-refractivity contribution in [1.29, 1.82) is 0 Å². The van der Waals surface area contributed by atoms with Gasteiger partial charge in [-0.3, -0.25) is 4.98 Å². The Hall–Kier alpha value is -2.69. The Morgan fingerprint density at radius 2 is 1.73 bits per heavy atom. The molecular formula is C25H33N3O2. The Bertz CT molecular complexity index is 1010. The highest BCUT2D eigenvalue weighted by Gasteiger charge is 2.16. The zero-order chi connectivity index (χ0) is 21.8.